The third-order valence-electron chi connectivity index (χ3n) is 3.62. The van der Waals surface area contributed by atoms with Crippen molar-refractivity contribution in [3.8, 4) is 5.75 Å². The molecule has 1 saturated heterocycles. The monoisotopic (exact) mass is 263 g/mol. The van der Waals surface area contributed by atoms with Gasteiger partial charge in [-0.3, -0.25) is 0 Å². The number of fused-ring (bicyclic) bond motifs is 1. The van der Waals surface area contributed by atoms with Gasteiger partial charge < -0.3 is 19.5 Å². The van der Waals surface area contributed by atoms with E-state index in [4.69, 9.17) is 9.47 Å². The lowest BCUT2D eigenvalue weighted by molar-refractivity contribution is 0.0692. The van der Waals surface area contributed by atoms with Crippen molar-refractivity contribution in [2.75, 3.05) is 31.2 Å². The van der Waals surface area contributed by atoms with Crippen molar-refractivity contribution >= 4 is 11.7 Å². The van der Waals surface area contributed by atoms with Crippen LogP contribution in [0.4, 0.5) is 5.69 Å². The first kappa shape index (κ1) is 12.3. The molecule has 0 aliphatic carbocycles. The molecule has 1 N–H and O–H groups in total. The largest absolute Gasteiger partial charge is 0.489 e. The molecular formula is C14H17NO4. The van der Waals surface area contributed by atoms with E-state index in [0.717, 1.165) is 38.2 Å². The van der Waals surface area contributed by atoms with Crippen molar-refractivity contribution in [2.45, 2.75) is 18.9 Å². The average molecular weight is 263 g/mol. The number of nitrogens with zero attached hydrogens (tertiary/aromatic N) is 1. The molecule has 1 fully saturated rings. The maximum absolute atomic E-state index is 11.2. The van der Waals surface area contributed by atoms with Crippen molar-refractivity contribution in [3.63, 3.8) is 0 Å². The van der Waals surface area contributed by atoms with Gasteiger partial charge in [-0.25, -0.2) is 4.79 Å². The number of hydrogen-bond acceptors (Lipinski definition) is 4. The van der Waals surface area contributed by atoms with Gasteiger partial charge >= 0.3 is 5.97 Å². The summed E-state index contributed by atoms with van der Waals surface area (Å²) >= 11 is 0. The van der Waals surface area contributed by atoms with Gasteiger partial charge in [0.2, 0.25) is 0 Å². The van der Waals surface area contributed by atoms with Crippen LogP contribution in [0.3, 0.4) is 0 Å². The molecule has 2 aliphatic heterocycles. The number of ether oxygens (including phenoxy) is 2. The Morgan fingerprint density at radius 1 is 1.42 bits per heavy atom. The van der Waals surface area contributed by atoms with E-state index < -0.39 is 5.97 Å². The van der Waals surface area contributed by atoms with E-state index in [1.54, 1.807) is 12.1 Å². The first-order chi connectivity index (χ1) is 9.25. The van der Waals surface area contributed by atoms with E-state index >= 15 is 0 Å². The molecule has 0 bridgehead atoms. The zero-order valence-corrected chi connectivity index (χ0v) is 10.7. The van der Waals surface area contributed by atoms with Crippen molar-refractivity contribution in [3.05, 3.63) is 23.8 Å². The van der Waals surface area contributed by atoms with Crippen LogP contribution in [0.15, 0.2) is 18.2 Å². The van der Waals surface area contributed by atoms with E-state index in [1.807, 2.05) is 6.07 Å². The number of anilines is 1. The molecule has 5 heteroatoms. The highest BCUT2D eigenvalue weighted by Gasteiger charge is 2.26. The number of carboxylic acids is 1. The highest BCUT2D eigenvalue weighted by molar-refractivity contribution is 5.93. The maximum atomic E-state index is 11.2. The number of carbonyl (C=O) groups is 1. The molecule has 1 atom stereocenters. The smallest absolute Gasteiger partial charge is 0.339 e. The minimum Gasteiger partial charge on any atom is -0.489 e. The molecule has 0 spiro atoms. The molecular weight excluding hydrogens is 246 g/mol. The maximum Gasteiger partial charge on any atom is 0.339 e. The van der Waals surface area contributed by atoms with Gasteiger partial charge in [0.05, 0.1) is 18.3 Å². The summed E-state index contributed by atoms with van der Waals surface area (Å²) in [5, 5.41) is 9.19. The number of carboxylic acid groups (broad SMARTS) is 1. The fourth-order valence-corrected chi connectivity index (χ4v) is 2.70. The standard InChI is InChI=1S/C14H17NO4/c16-14(17)11-4-1-5-12-13(11)19-8-6-15(12)9-10-3-2-7-18-10/h1,4-5,10H,2-3,6-9H2,(H,16,17). The molecule has 0 amide bonds. The summed E-state index contributed by atoms with van der Waals surface area (Å²) < 4.78 is 11.2. The number of rotatable bonds is 3. The van der Waals surface area contributed by atoms with Crippen LogP contribution in [-0.4, -0.2) is 43.5 Å². The lowest BCUT2D eigenvalue weighted by atomic mass is 10.1. The second kappa shape index (κ2) is 5.09. The minimum absolute atomic E-state index is 0.231. The Morgan fingerprint density at radius 2 is 2.32 bits per heavy atom. The van der Waals surface area contributed by atoms with Crippen LogP contribution in [-0.2, 0) is 4.74 Å². The molecule has 2 heterocycles. The van der Waals surface area contributed by atoms with Crippen molar-refractivity contribution in [1.82, 2.24) is 0 Å². The quantitative estimate of drug-likeness (QED) is 0.900. The van der Waals surface area contributed by atoms with Crippen LogP contribution >= 0.6 is 0 Å². The van der Waals surface area contributed by atoms with Crippen LogP contribution in [0.25, 0.3) is 0 Å². The van der Waals surface area contributed by atoms with Crippen LogP contribution < -0.4 is 9.64 Å². The third-order valence-corrected chi connectivity index (χ3v) is 3.62. The number of hydrogen-bond donors (Lipinski definition) is 1. The molecule has 0 saturated carbocycles. The van der Waals surface area contributed by atoms with E-state index in [2.05, 4.69) is 4.90 Å². The summed E-state index contributed by atoms with van der Waals surface area (Å²) in [4.78, 5) is 13.4. The van der Waals surface area contributed by atoms with Gasteiger partial charge in [0.1, 0.15) is 12.2 Å². The summed E-state index contributed by atoms with van der Waals surface area (Å²) in [5.74, 6) is -0.463. The van der Waals surface area contributed by atoms with Gasteiger partial charge in [-0.2, -0.15) is 0 Å². The van der Waals surface area contributed by atoms with E-state index in [0.29, 0.717) is 12.4 Å². The Kier molecular flexibility index (Phi) is 3.29. The SMILES string of the molecule is O=C(O)c1cccc2c1OCCN2CC1CCCO1. The van der Waals surface area contributed by atoms with Gasteiger partial charge in [0, 0.05) is 13.2 Å². The van der Waals surface area contributed by atoms with Crippen molar-refractivity contribution in [1.29, 1.82) is 0 Å². The Balaban J connectivity index is 1.87. The second-order valence-electron chi connectivity index (χ2n) is 4.89. The molecule has 1 aromatic rings. The molecule has 0 aromatic heterocycles. The fraction of sp³-hybridized carbons (Fsp3) is 0.500. The first-order valence-electron chi connectivity index (χ1n) is 6.61. The van der Waals surface area contributed by atoms with Crippen molar-refractivity contribution in [2.24, 2.45) is 0 Å². The summed E-state index contributed by atoms with van der Waals surface area (Å²) in [7, 11) is 0. The lowest BCUT2D eigenvalue weighted by Crippen LogP contribution is -2.38. The van der Waals surface area contributed by atoms with Gasteiger partial charge in [-0.15, -0.1) is 0 Å². The lowest BCUT2D eigenvalue weighted by Gasteiger charge is -2.33. The summed E-state index contributed by atoms with van der Waals surface area (Å²) in [6, 6.07) is 5.26. The second-order valence-corrected chi connectivity index (χ2v) is 4.89. The van der Waals surface area contributed by atoms with E-state index in [-0.39, 0.29) is 11.7 Å². The highest BCUT2D eigenvalue weighted by atomic mass is 16.5. The predicted octanol–water partition coefficient (Wildman–Crippen LogP) is 1.76. The molecule has 1 unspecified atom stereocenters. The third kappa shape index (κ3) is 2.38. The van der Waals surface area contributed by atoms with Gasteiger partial charge in [0.15, 0.2) is 5.75 Å². The molecule has 1 aromatic carbocycles. The zero-order valence-electron chi connectivity index (χ0n) is 10.7. The predicted molar refractivity (Wildman–Crippen MR) is 70.1 cm³/mol. The Morgan fingerprint density at radius 3 is 3.05 bits per heavy atom. The number of aromatic carboxylic acids is 1. The molecule has 5 nitrogen and oxygen atoms in total. The molecule has 0 radical (unpaired) electrons. The van der Waals surface area contributed by atoms with Crippen LogP contribution in [0, 0.1) is 0 Å². The molecule has 2 aliphatic rings. The van der Waals surface area contributed by atoms with E-state index in [1.165, 1.54) is 0 Å². The van der Waals surface area contributed by atoms with Gasteiger partial charge in [-0.1, -0.05) is 6.07 Å². The van der Waals surface area contributed by atoms with Crippen LogP contribution in [0.1, 0.15) is 23.2 Å². The fourth-order valence-electron chi connectivity index (χ4n) is 2.70. The zero-order chi connectivity index (χ0) is 13.2. The molecule has 102 valence electrons. The van der Waals surface area contributed by atoms with Crippen LogP contribution in [0.5, 0.6) is 5.75 Å². The number of benzene rings is 1. The summed E-state index contributed by atoms with van der Waals surface area (Å²) in [5.41, 5.74) is 1.09. The summed E-state index contributed by atoms with van der Waals surface area (Å²) in [6.07, 6.45) is 2.43. The van der Waals surface area contributed by atoms with Gasteiger partial charge in [0.25, 0.3) is 0 Å². The Labute approximate surface area is 111 Å². The van der Waals surface area contributed by atoms with Crippen molar-refractivity contribution < 1.29 is 19.4 Å². The van der Waals surface area contributed by atoms with E-state index in [9.17, 15) is 9.90 Å². The minimum atomic E-state index is -0.948. The first-order valence-corrected chi connectivity index (χ1v) is 6.61. The van der Waals surface area contributed by atoms with Gasteiger partial charge in [-0.05, 0) is 25.0 Å². The normalized spacial score (nSPS) is 21.9. The molecule has 3 rings (SSSR count). The Bertz CT molecular complexity index is 482. The topological polar surface area (TPSA) is 59.0 Å². The highest BCUT2D eigenvalue weighted by Crippen LogP contribution is 2.35. The molecule has 19 heavy (non-hydrogen) atoms. The summed E-state index contributed by atoms with van der Waals surface area (Å²) in [6.45, 7) is 2.93. The average Bonchev–Trinajstić information content (AvgIpc) is 2.91. The van der Waals surface area contributed by atoms with Crippen LogP contribution in [0.2, 0.25) is 0 Å². The number of para-hydroxylation sites is 1. The Hall–Kier alpha value is -1.75.